The van der Waals surface area contributed by atoms with Gasteiger partial charge in [0.05, 0.1) is 36.7 Å². The van der Waals surface area contributed by atoms with Crippen LogP contribution in [0.25, 0.3) is 11.5 Å². The van der Waals surface area contributed by atoms with Crippen molar-refractivity contribution < 1.29 is 4.39 Å². The largest absolute Gasteiger partial charge is 0.256 e. The molecule has 4 rings (SSSR count). The van der Waals surface area contributed by atoms with Gasteiger partial charge in [-0.25, -0.2) is 9.37 Å². The molecular weight excluding hydrogens is 383 g/mol. The van der Waals surface area contributed by atoms with Gasteiger partial charge in [-0.05, 0) is 24.3 Å². The first-order chi connectivity index (χ1) is 14.4. The Bertz CT molecular complexity index is 1070. The molecule has 0 atom stereocenters. The number of aryl methyl sites for hydroxylation is 1. The fourth-order valence-electron chi connectivity index (χ4n) is 2.89. The Morgan fingerprint density at radius 2 is 1.37 bits per heavy atom. The SMILES string of the molecule is CC(C)c1ncc(F)cc1-n1nccn1.Cc1cnc(-n2nccn2)c(C(C)C)c1. The summed E-state index contributed by atoms with van der Waals surface area (Å²) in [4.78, 5) is 11.4. The molecule has 0 aliphatic carbocycles. The average Bonchev–Trinajstić information content (AvgIpc) is 3.42. The highest BCUT2D eigenvalue weighted by Gasteiger charge is 2.12. The zero-order valence-corrected chi connectivity index (χ0v) is 17.7. The van der Waals surface area contributed by atoms with Crippen LogP contribution in [0.4, 0.5) is 4.39 Å². The highest BCUT2D eigenvalue weighted by molar-refractivity contribution is 5.37. The summed E-state index contributed by atoms with van der Waals surface area (Å²) in [5, 5.41) is 16.1. The smallest absolute Gasteiger partial charge is 0.177 e. The molecule has 30 heavy (non-hydrogen) atoms. The van der Waals surface area contributed by atoms with Gasteiger partial charge in [-0.2, -0.15) is 20.4 Å². The van der Waals surface area contributed by atoms with Gasteiger partial charge in [0.1, 0.15) is 11.5 Å². The van der Waals surface area contributed by atoms with Crippen LogP contribution < -0.4 is 0 Å². The van der Waals surface area contributed by atoms with Gasteiger partial charge in [0.25, 0.3) is 0 Å². The minimum absolute atomic E-state index is 0.201. The summed E-state index contributed by atoms with van der Waals surface area (Å²) in [6.45, 7) is 10.3. The summed E-state index contributed by atoms with van der Waals surface area (Å²) < 4.78 is 13.1. The third-order valence-corrected chi connectivity index (χ3v) is 4.31. The Kier molecular flexibility index (Phi) is 6.61. The molecule has 0 spiro atoms. The molecule has 0 radical (unpaired) electrons. The van der Waals surface area contributed by atoms with Gasteiger partial charge >= 0.3 is 0 Å². The number of nitrogens with zero attached hydrogens (tertiary/aromatic N) is 8. The van der Waals surface area contributed by atoms with E-state index >= 15 is 0 Å². The van der Waals surface area contributed by atoms with Gasteiger partial charge in [-0.3, -0.25) is 4.98 Å². The van der Waals surface area contributed by atoms with Crippen molar-refractivity contribution in [2.75, 3.05) is 0 Å². The monoisotopic (exact) mass is 408 g/mol. The average molecular weight is 408 g/mol. The summed E-state index contributed by atoms with van der Waals surface area (Å²) in [7, 11) is 0. The van der Waals surface area contributed by atoms with Crippen LogP contribution in [0, 0.1) is 12.7 Å². The van der Waals surface area contributed by atoms with Gasteiger partial charge in [0.2, 0.25) is 0 Å². The lowest BCUT2D eigenvalue weighted by atomic mass is 10.0. The van der Waals surface area contributed by atoms with Gasteiger partial charge in [0, 0.05) is 17.8 Å². The van der Waals surface area contributed by atoms with Crippen LogP contribution in [0.5, 0.6) is 0 Å². The molecule has 0 aromatic carbocycles. The van der Waals surface area contributed by atoms with E-state index in [1.54, 1.807) is 29.6 Å². The van der Waals surface area contributed by atoms with E-state index in [2.05, 4.69) is 50.3 Å². The molecule has 0 N–H and O–H groups in total. The number of pyridine rings is 2. The van der Waals surface area contributed by atoms with E-state index in [9.17, 15) is 4.39 Å². The van der Waals surface area contributed by atoms with Crippen molar-refractivity contribution in [1.29, 1.82) is 0 Å². The maximum Gasteiger partial charge on any atom is 0.177 e. The zero-order valence-electron chi connectivity index (χ0n) is 17.7. The lowest BCUT2D eigenvalue weighted by Gasteiger charge is -2.11. The van der Waals surface area contributed by atoms with Crippen molar-refractivity contribution in [2.24, 2.45) is 0 Å². The summed E-state index contributed by atoms with van der Waals surface area (Å²) in [6, 6.07) is 3.53. The molecule has 0 aliphatic rings. The van der Waals surface area contributed by atoms with Crippen LogP contribution >= 0.6 is 0 Å². The first-order valence-electron chi connectivity index (χ1n) is 9.72. The van der Waals surface area contributed by atoms with Crippen molar-refractivity contribution in [2.45, 2.75) is 46.5 Å². The van der Waals surface area contributed by atoms with Crippen LogP contribution in [0.2, 0.25) is 0 Å². The van der Waals surface area contributed by atoms with Gasteiger partial charge in [-0.1, -0.05) is 33.8 Å². The maximum absolute atomic E-state index is 13.1. The summed E-state index contributed by atoms with van der Waals surface area (Å²) in [5.41, 5.74) is 3.71. The van der Waals surface area contributed by atoms with Gasteiger partial charge in [-0.15, -0.1) is 9.59 Å². The fourth-order valence-corrected chi connectivity index (χ4v) is 2.89. The standard InChI is InChI=1S/C11H14N4.C10H11FN4/c1-8(2)10-6-9(3)7-12-11(10)15-13-4-5-14-15;1-7(2)10-9(5-8(11)6-12-10)15-13-3-4-14-15/h4-8H,1-3H3;3-7H,1-2H3. The van der Waals surface area contributed by atoms with Gasteiger partial charge < -0.3 is 0 Å². The lowest BCUT2D eigenvalue weighted by molar-refractivity contribution is 0.607. The molecule has 0 bridgehead atoms. The van der Waals surface area contributed by atoms with E-state index in [4.69, 9.17) is 0 Å². The molecule has 0 unspecified atom stereocenters. The maximum atomic E-state index is 13.1. The summed E-state index contributed by atoms with van der Waals surface area (Å²) in [5.74, 6) is 1.05. The van der Waals surface area contributed by atoms with Crippen molar-refractivity contribution in [3.8, 4) is 11.5 Å². The van der Waals surface area contributed by atoms with Crippen molar-refractivity contribution in [3.05, 3.63) is 72.0 Å². The zero-order chi connectivity index (χ0) is 21.7. The number of hydrogen-bond acceptors (Lipinski definition) is 6. The molecule has 4 heterocycles. The Hall–Kier alpha value is -3.49. The van der Waals surface area contributed by atoms with Crippen LogP contribution in [0.15, 0.2) is 49.3 Å². The second-order valence-electron chi connectivity index (χ2n) is 7.43. The van der Waals surface area contributed by atoms with E-state index in [0.717, 1.165) is 17.1 Å². The van der Waals surface area contributed by atoms with E-state index in [-0.39, 0.29) is 11.7 Å². The van der Waals surface area contributed by atoms with E-state index < -0.39 is 0 Å². The first-order valence-corrected chi connectivity index (χ1v) is 9.72. The van der Waals surface area contributed by atoms with Crippen LogP contribution in [0.1, 0.15) is 56.4 Å². The van der Waals surface area contributed by atoms with Crippen molar-refractivity contribution >= 4 is 0 Å². The Balaban J connectivity index is 0.000000171. The van der Waals surface area contributed by atoms with Crippen LogP contribution in [-0.2, 0) is 0 Å². The molecule has 0 amide bonds. The molecule has 0 saturated heterocycles. The normalized spacial score (nSPS) is 10.9. The quantitative estimate of drug-likeness (QED) is 0.507. The molecule has 9 heteroatoms. The molecular formula is C21H25FN8. The molecule has 4 aromatic rings. The van der Waals surface area contributed by atoms with Crippen molar-refractivity contribution in [3.63, 3.8) is 0 Å². The Morgan fingerprint density at radius 3 is 1.93 bits per heavy atom. The second-order valence-corrected chi connectivity index (χ2v) is 7.43. The molecule has 156 valence electrons. The minimum Gasteiger partial charge on any atom is -0.256 e. The van der Waals surface area contributed by atoms with E-state index in [0.29, 0.717) is 11.6 Å². The summed E-state index contributed by atoms with van der Waals surface area (Å²) in [6.07, 6.45) is 9.47. The summed E-state index contributed by atoms with van der Waals surface area (Å²) >= 11 is 0. The minimum atomic E-state index is -0.383. The number of halogens is 1. The number of aromatic nitrogens is 8. The second kappa shape index (κ2) is 9.34. The molecule has 4 aromatic heterocycles. The van der Waals surface area contributed by atoms with Crippen LogP contribution in [-0.4, -0.2) is 40.0 Å². The Labute approximate surface area is 174 Å². The van der Waals surface area contributed by atoms with E-state index in [1.165, 1.54) is 22.6 Å². The topological polar surface area (TPSA) is 87.2 Å². The molecule has 8 nitrogen and oxygen atoms in total. The molecule has 0 fully saturated rings. The number of rotatable bonds is 4. The van der Waals surface area contributed by atoms with Crippen LogP contribution in [0.3, 0.4) is 0 Å². The van der Waals surface area contributed by atoms with Crippen molar-refractivity contribution in [1.82, 2.24) is 40.0 Å². The predicted octanol–water partition coefficient (Wildman–Crippen LogP) is 4.02. The molecule has 0 saturated carbocycles. The van der Waals surface area contributed by atoms with Gasteiger partial charge in [0.15, 0.2) is 5.82 Å². The first kappa shape index (κ1) is 21.2. The molecule has 0 aliphatic heterocycles. The predicted molar refractivity (Wildman–Crippen MR) is 111 cm³/mol. The third-order valence-electron chi connectivity index (χ3n) is 4.31. The lowest BCUT2D eigenvalue weighted by Crippen LogP contribution is -2.07. The highest BCUT2D eigenvalue weighted by atomic mass is 19.1. The number of hydrogen-bond donors (Lipinski definition) is 0. The Morgan fingerprint density at radius 1 is 0.767 bits per heavy atom. The fraction of sp³-hybridized carbons (Fsp3) is 0.333. The third kappa shape index (κ3) is 4.91. The highest BCUT2D eigenvalue weighted by Crippen LogP contribution is 2.21. The van der Waals surface area contributed by atoms with E-state index in [1.807, 2.05) is 27.0 Å².